The molecule has 0 aliphatic heterocycles. The summed E-state index contributed by atoms with van der Waals surface area (Å²) in [6.45, 7) is 0.810. The molecule has 1 aliphatic carbocycles. The highest BCUT2D eigenvalue weighted by molar-refractivity contribution is 5.27. The van der Waals surface area contributed by atoms with Crippen molar-refractivity contribution in [1.82, 2.24) is 15.0 Å². The molecule has 1 aromatic rings. The normalized spacial score (nSPS) is 22.8. The molecule has 0 amide bonds. The molecule has 1 saturated carbocycles. The summed E-state index contributed by atoms with van der Waals surface area (Å²) in [5.41, 5.74) is 5.88. The minimum absolute atomic E-state index is 0.243. The van der Waals surface area contributed by atoms with Gasteiger partial charge < -0.3 is 20.5 Å². The van der Waals surface area contributed by atoms with E-state index in [1.165, 1.54) is 14.2 Å². The van der Waals surface area contributed by atoms with Gasteiger partial charge in [-0.3, -0.25) is 0 Å². The van der Waals surface area contributed by atoms with E-state index in [2.05, 4.69) is 20.3 Å². The van der Waals surface area contributed by atoms with Gasteiger partial charge in [0.25, 0.3) is 0 Å². The fourth-order valence-electron chi connectivity index (χ4n) is 2.13. The van der Waals surface area contributed by atoms with E-state index in [0.29, 0.717) is 17.9 Å². The summed E-state index contributed by atoms with van der Waals surface area (Å²) in [5.74, 6) is 1.05. The molecule has 1 fully saturated rings. The molecule has 7 heteroatoms. The summed E-state index contributed by atoms with van der Waals surface area (Å²) < 4.78 is 9.97. The van der Waals surface area contributed by atoms with Crippen LogP contribution >= 0.6 is 0 Å². The van der Waals surface area contributed by atoms with Gasteiger partial charge in [0.1, 0.15) is 0 Å². The maximum absolute atomic E-state index is 5.88. The molecule has 7 nitrogen and oxygen atoms in total. The quantitative estimate of drug-likeness (QED) is 0.785. The predicted molar refractivity (Wildman–Crippen MR) is 66.7 cm³/mol. The van der Waals surface area contributed by atoms with Crippen molar-refractivity contribution in [2.75, 3.05) is 26.1 Å². The second-order valence-electron chi connectivity index (χ2n) is 4.45. The van der Waals surface area contributed by atoms with Crippen LogP contribution in [0.4, 0.5) is 5.95 Å². The summed E-state index contributed by atoms with van der Waals surface area (Å²) >= 11 is 0. The number of hydrogen-bond acceptors (Lipinski definition) is 7. The third-order valence-electron chi connectivity index (χ3n) is 3.09. The Morgan fingerprint density at radius 3 is 2.33 bits per heavy atom. The molecule has 0 radical (unpaired) electrons. The molecule has 1 heterocycles. The zero-order valence-corrected chi connectivity index (χ0v) is 10.7. The van der Waals surface area contributed by atoms with Crippen molar-refractivity contribution in [2.24, 2.45) is 11.7 Å². The Balaban J connectivity index is 1.95. The largest absolute Gasteiger partial charge is 0.467 e. The van der Waals surface area contributed by atoms with Crippen LogP contribution in [0.2, 0.25) is 0 Å². The molecule has 2 atom stereocenters. The van der Waals surface area contributed by atoms with Crippen LogP contribution in [0.3, 0.4) is 0 Å². The molecule has 0 saturated heterocycles. The highest BCUT2D eigenvalue weighted by atomic mass is 16.5. The highest BCUT2D eigenvalue weighted by Gasteiger charge is 2.21. The van der Waals surface area contributed by atoms with Crippen LogP contribution in [0.15, 0.2) is 0 Å². The van der Waals surface area contributed by atoms with Crippen molar-refractivity contribution in [3.8, 4) is 12.0 Å². The van der Waals surface area contributed by atoms with Gasteiger partial charge in [0, 0.05) is 12.6 Å². The maximum Gasteiger partial charge on any atom is 0.324 e. The van der Waals surface area contributed by atoms with Gasteiger partial charge in [-0.15, -0.1) is 4.98 Å². The number of hydrogen-bond donors (Lipinski definition) is 2. The molecule has 0 aromatic carbocycles. The minimum Gasteiger partial charge on any atom is -0.467 e. The number of nitrogens with zero attached hydrogens (tertiary/aromatic N) is 3. The Labute approximate surface area is 106 Å². The maximum atomic E-state index is 5.88. The molecule has 0 bridgehead atoms. The van der Waals surface area contributed by atoms with Crippen molar-refractivity contribution >= 4 is 5.95 Å². The first kappa shape index (κ1) is 12.8. The van der Waals surface area contributed by atoms with E-state index in [9.17, 15) is 0 Å². The Morgan fingerprint density at radius 1 is 1.17 bits per heavy atom. The van der Waals surface area contributed by atoms with E-state index >= 15 is 0 Å². The van der Waals surface area contributed by atoms with Crippen LogP contribution in [-0.4, -0.2) is 41.8 Å². The average molecular weight is 253 g/mol. The van der Waals surface area contributed by atoms with Crippen molar-refractivity contribution in [3.63, 3.8) is 0 Å². The van der Waals surface area contributed by atoms with Crippen LogP contribution in [0.1, 0.15) is 19.3 Å². The molecule has 1 aliphatic rings. The fourth-order valence-corrected chi connectivity index (χ4v) is 2.13. The summed E-state index contributed by atoms with van der Waals surface area (Å²) in [7, 11) is 3.02. The number of anilines is 1. The summed E-state index contributed by atoms with van der Waals surface area (Å²) in [5, 5.41) is 3.18. The van der Waals surface area contributed by atoms with Crippen LogP contribution < -0.4 is 20.5 Å². The van der Waals surface area contributed by atoms with E-state index in [0.717, 1.165) is 25.8 Å². The summed E-state index contributed by atoms with van der Waals surface area (Å²) in [6.07, 6.45) is 3.29. The Hall–Kier alpha value is -1.63. The lowest BCUT2D eigenvalue weighted by molar-refractivity contribution is 0.341. The zero-order valence-electron chi connectivity index (χ0n) is 10.7. The van der Waals surface area contributed by atoms with Crippen molar-refractivity contribution in [2.45, 2.75) is 25.3 Å². The van der Waals surface area contributed by atoms with Gasteiger partial charge in [0.15, 0.2) is 0 Å². The third-order valence-corrected chi connectivity index (χ3v) is 3.09. The molecule has 18 heavy (non-hydrogen) atoms. The number of nitrogens with one attached hydrogen (secondary N) is 1. The molecule has 2 unspecified atom stereocenters. The lowest BCUT2D eigenvalue weighted by atomic mass is 10.1. The monoisotopic (exact) mass is 253 g/mol. The minimum atomic E-state index is 0.243. The second kappa shape index (κ2) is 5.81. The third kappa shape index (κ3) is 3.19. The number of methoxy groups -OCH3 is 2. The Morgan fingerprint density at radius 2 is 1.83 bits per heavy atom. The van der Waals surface area contributed by atoms with Crippen molar-refractivity contribution in [1.29, 1.82) is 0 Å². The first-order chi connectivity index (χ1) is 8.71. The molecule has 2 rings (SSSR count). The smallest absolute Gasteiger partial charge is 0.324 e. The van der Waals surface area contributed by atoms with Crippen LogP contribution in [0.5, 0.6) is 12.0 Å². The van der Waals surface area contributed by atoms with Gasteiger partial charge in [-0.1, -0.05) is 0 Å². The lowest BCUT2D eigenvalue weighted by Crippen LogP contribution is -2.18. The van der Waals surface area contributed by atoms with Gasteiger partial charge in [0.05, 0.1) is 14.2 Å². The van der Waals surface area contributed by atoms with E-state index in [-0.39, 0.29) is 12.0 Å². The van der Waals surface area contributed by atoms with Crippen LogP contribution in [0, 0.1) is 5.92 Å². The summed E-state index contributed by atoms with van der Waals surface area (Å²) in [6, 6.07) is 0.819. The van der Waals surface area contributed by atoms with E-state index in [4.69, 9.17) is 15.2 Å². The van der Waals surface area contributed by atoms with E-state index in [1.54, 1.807) is 0 Å². The number of aromatic nitrogens is 3. The second-order valence-corrected chi connectivity index (χ2v) is 4.45. The molecule has 0 spiro atoms. The SMILES string of the molecule is COc1nc(NCC2CCC(N)C2)nc(OC)n1. The first-order valence-electron chi connectivity index (χ1n) is 6.04. The summed E-state index contributed by atoms with van der Waals surface area (Å²) in [4.78, 5) is 12.2. The molecule has 100 valence electrons. The number of nitrogens with two attached hydrogens (primary N) is 1. The average Bonchev–Trinajstić information content (AvgIpc) is 2.81. The van der Waals surface area contributed by atoms with Crippen LogP contribution in [0.25, 0.3) is 0 Å². The van der Waals surface area contributed by atoms with Crippen molar-refractivity contribution in [3.05, 3.63) is 0 Å². The standard InChI is InChI=1S/C11H19N5O2/c1-17-10-14-9(15-11(16-10)18-2)13-6-7-3-4-8(12)5-7/h7-8H,3-6,12H2,1-2H3,(H,13,14,15,16). The Kier molecular flexibility index (Phi) is 4.14. The first-order valence-corrected chi connectivity index (χ1v) is 6.04. The number of ether oxygens (including phenoxy) is 2. The molecule has 3 N–H and O–H groups in total. The zero-order chi connectivity index (χ0) is 13.0. The van der Waals surface area contributed by atoms with E-state index < -0.39 is 0 Å². The van der Waals surface area contributed by atoms with Crippen LogP contribution in [-0.2, 0) is 0 Å². The predicted octanol–water partition coefficient (Wildman–Crippen LogP) is 0.428. The highest BCUT2D eigenvalue weighted by Crippen LogP contribution is 2.24. The number of rotatable bonds is 5. The molecular formula is C11H19N5O2. The van der Waals surface area contributed by atoms with Gasteiger partial charge >= 0.3 is 12.0 Å². The van der Waals surface area contributed by atoms with E-state index in [1.807, 2.05) is 0 Å². The van der Waals surface area contributed by atoms with Gasteiger partial charge in [-0.2, -0.15) is 9.97 Å². The van der Waals surface area contributed by atoms with Gasteiger partial charge in [0.2, 0.25) is 5.95 Å². The topological polar surface area (TPSA) is 95.2 Å². The molecular weight excluding hydrogens is 234 g/mol. The Bertz CT molecular complexity index is 379. The fraction of sp³-hybridized carbons (Fsp3) is 0.727. The molecule has 1 aromatic heterocycles. The van der Waals surface area contributed by atoms with Crippen molar-refractivity contribution < 1.29 is 9.47 Å². The van der Waals surface area contributed by atoms with Gasteiger partial charge in [-0.05, 0) is 25.2 Å². The van der Waals surface area contributed by atoms with Gasteiger partial charge in [-0.25, -0.2) is 0 Å². The lowest BCUT2D eigenvalue weighted by Gasteiger charge is -2.11.